The molecule has 1 aromatic carbocycles. The van der Waals surface area contributed by atoms with E-state index in [1.165, 1.54) is 11.1 Å². The van der Waals surface area contributed by atoms with E-state index in [9.17, 15) is 0 Å². The number of aryl methyl sites for hydroxylation is 3. The minimum Gasteiger partial charge on any atom is -0.366 e. The molecule has 3 aromatic rings. The largest absolute Gasteiger partial charge is 0.366 e. The van der Waals surface area contributed by atoms with Crippen molar-refractivity contribution in [3.63, 3.8) is 0 Å². The first kappa shape index (κ1) is 13.2. The van der Waals surface area contributed by atoms with Crippen molar-refractivity contribution in [3.05, 3.63) is 46.9 Å². The van der Waals surface area contributed by atoms with Crippen molar-refractivity contribution >= 4 is 16.9 Å². The number of fused-ring (bicyclic) bond motifs is 2. The molecule has 1 N–H and O–H groups in total. The molecule has 0 bridgehead atoms. The lowest BCUT2D eigenvalue weighted by molar-refractivity contribution is 0.442. The lowest BCUT2D eigenvalue weighted by Crippen LogP contribution is -2.28. The van der Waals surface area contributed by atoms with Crippen LogP contribution in [-0.2, 0) is 12.8 Å². The van der Waals surface area contributed by atoms with Crippen LogP contribution in [0.5, 0.6) is 0 Å². The SMILES string of the molecule is Cc1nc(NC2CCc3ccccc3C2)c2c(C)noc2n1. The van der Waals surface area contributed by atoms with Crippen LogP contribution in [0.2, 0.25) is 0 Å². The standard InChI is InChI=1S/C17H18N4O/c1-10-15-16(18-11(2)19-17(15)22-21-10)20-14-8-7-12-5-3-4-6-13(12)9-14/h3-6,14H,7-9H2,1-2H3,(H,18,19,20). The van der Waals surface area contributed by atoms with Gasteiger partial charge in [-0.15, -0.1) is 0 Å². The number of hydrogen-bond acceptors (Lipinski definition) is 5. The summed E-state index contributed by atoms with van der Waals surface area (Å²) in [5.41, 5.74) is 4.28. The Bertz CT molecular complexity index is 840. The van der Waals surface area contributed by atoms with Gasteiger partial charge in [0.1, 0.15) is 17.0 Å². The highest BCUT2D eigenvalue weighted by Gasteiger charge is 2.21. The van der Waals surface area contributed by atoms with Crippen LogP contribution in [0.15, 0.2) is 28.8 Å². The highest BCUT2D eigenvalue weighted by molar-refractivity contribution is 5.87. The second-order valence-corrected chi connectivity index (χ2v) is 5.92. The fourth-order valence-corrected chi connectivity index (χ4v) is 3.22. The summed E-state index contributed by atoms with van der Waals surface area (Å²) >= 11 is 0. The number of anilines is 1. The molecule has 22 heavy (non-hydrogen) atoms. The predicted molar refractivity (Wildman–Crippen MR) is 85.0 cm³/mol. The molecule has 5 nitrogen and oxygen atoms in total. The van der Waals surface area contributed by atoms with Crippen molar-refractivity contribution in [3.8, 4) is 0 Å². The van der Waals surface area contributed by atoms with E-state index in [1.54, 1.807) is 0 Å². The first-order chi connectivity index (χ1) is 10.7. The molecule has 0 saturated carbocycles. The Morgan fingerprint density at radius 2 is 1.95 bits per heavy atom. The van der Waals surface area contributed by atoms with E-state index in [4.69, 9.17) is 4.52 Å². The van der Waals surface area contributed by atoms with Gasteiger partial charge in [0.15, 0.2) is 0 Å². The molecule has 0 spiro atoms. The molecule has 1 aliphatic rings. The fourth-order valence-electron chi connectivity index (χ4n) is 3.22. The minimum absolute atomic E-state index is 0.377. The van der Waals surface area contributed by atoms with Gasteiger partial charge in [-0.25, -0.2) is 4.98 Å². The molecular formula is C17H18N4O. The van der Waals surface area contributed by atoms with Gasteiger partial charge in [-0.3, -0.25) is 0 Å². The fraction of sp³-hybridized carbons (Fsp3) is 0.353. The molecule has 1 atom stereocenters. The lowest BCUT2D eigenvalue weighted by Gasteiger charge is -2.26. The first-order valence-corrected chi connectivity index (χ1v) is 7.64. The van der Waals surface area contributed by atoms with Gasteiger partial charge in [0.2, 0.25) is 0 Å². The molecule has 0 saturated heterocycles. The van der Waals surface area contributed by atoms with Crippen molar-refractivity contribution in [2.45, 2.75) is 39.2 Å². The Kier molecular flexibility index (Phi) is 3.06. The van der Waals surface area contributed by atoms with Crippen molar-refractivity contribution in [1.29, 1.82) is 0 Å². The van der Waals surface area contributed by atoms with Crippen LogP contribution in [0, 0.1) is 13.8 Å². The van der Waals surface area contributed by atoms with E-state index in [-0.39, 0.29) is 0 Å². The number of hydrogen-bond donors (Lipinski definition) is 1. The Balaban J connectivity index is 1.66. The van der Waals surface area contributed by atoms with Gasteiger partial charge in [-0.05, 0) is 44.2 Å². The van der Waals surface area contributed by atoms with Crippen molar-refractivity contribution in [2.75, 3.05) is 5.32 Å². The smallest absolute Gasteiger partial charge is 0.263 e. The van der Waals surface area contributed by atoms with E-state index in [0.717, 1.165) is 36.2 Å². The summed E-state index contributed by atoms with van der Waals surface area (Å²) in [6, 6.07) is 9.04. The zero-order chi connectivity index (χ0) is 15.1. The average molecular weight is 294 g/mol. The highest BCUT2D eigenvalue weighted by Crippen LogP contribution is 2.27. The Morgan fingerprint density at radius 1 is 1.14 bits per heavy atom. The van der Waals surface area contributed by atoms with E-state index in [1.807, 2.05) is 13.8 Å². The van der Waals surface area contributed by atoms with Gasteiger partial charge in [-0.1, -0.05) is 29.4 Å². The molecule has 112 valence electrons. The number of aromatic nitrogens is 3. The van der Waals surface area contributed by atoms with E-state index in [0.29, 0.717) is 17.6 Å². The summed E-state index contributed by atoms with van der Waals surface area (Å²) in [7, 11) is 0. The Hall–Kier alpha value is -2.43. The molecule has 5 heteroatoms. The summed E-state index contributed by atoms with van der Waals surface area (Å²) in [4.78, 5) is 8.87. The Labute approximate surface area is 128 Å². The third-order valence-corrected chi connectivity index (χ3v) is 4.31. The van der Waals surface area contributed by atoms with E-state index in [2.05, 4.69) is 44.7 Å². The van der Waals surface area contributed by atoms with Crippen molar-refractivity contribution in [1.82, 2.24) is 15.1 Å². The number of nitrogens with one attached hydrogen (secondary N) is 1. The van der Waals surface area contributed by atoms with Gasteiger partial charge < -0.3 is 9.84 Å². The van der Waals surface area contributed by atoms with Crippen LogP contribution in [0.1, 0.15) is 29.1 Å². The van der Waals surface area contributed by atoms with Crippen LogP contribution in [0.4, 0.5) is 5.82 Å². The van der Waals surface area contributed by atoms with Gasteiger partial charge in [0.25, 0.3) is 5.71 Å². The topological polar surface area (TPSA) is 63.8 Å². The third kappa shape index (κ3) is 2.22. The molecule has 0 fully saturated rings. The molecule has 2 heterocycles. The predicted octanol–water partition coefficient (Wildman–Crippen LogP) is 3.20. The van der Waals surface area contributed by atoms with E-state index >= 15 is 0 Å². The maximum absolute atomic E-state index is 5.27. The number of benzene rings is 1. The monoisotopic (exact) mass is 294 g/mol. The van der Waals surface area contributed by atoms with Crippen LogP contribution >= 0.6 is 0 Å². The van der Waals surface area contributed by atoms with Crippen LogP contribution in [0.25, 0.3) is 11.1 Å². The van der Waals surface area contributed by atoms with E-state index < -0.39 is 0 Å². The minimum atomic E-state index is 0.377. The molecule has 4 rings (SSSR count). The summed E-state index contributed by atoms with van der Waals surface area (Å²) < 4.78 is 5.27. The second kappa shape index (κ2) is 5.09. The third-order valence-electron chi connectivity index (χ3n) is 4.31. The zero-order valence-electron chi connectivity index (χ0n) is 12.8. The molecule has 0 amide bonds. The quantitative estimate of drug-likeness (QED) is 0.786. The van der Waals surface area contributed by atoms with Crippen molar-refractivity contribution < 1.29 is 4.52 Å². The molecule has 1 aliphatic carbocycles. The molecular weight excluding hydrogens is 276 g/mol. The summed E-state index contributed by atoms with van der Waals surface area (Å²) in [6.45, 7) is 3.80. The molecule has 0 radical (unpaired) electrons. The molecule has 1 unspecified atom stereocenters. The highest BCUT2D eigenvalue weighted by atomic mass is 16.5. The van der Waals surface area contributed by atoms with Gasteiger partial charge in [0, 0.05) is 6.04 Å². The Morgan fingerprint density at radius 3 is 2.82 bits per heavy atom. The summed E-state index contributed by atoms with van der Waals surface area (Å²) in [5, 5.41) is 8.48. The average Bonchev–Trinajstić information content (AvgIpc) is 2.88. The van der Waals surface area contributed by atoms with Crippen LogP contribution in [0.3, 0.4) is 0 Å². The van der Waals surface area contributed by atoms with Gasteiger partial charge in [-0.2, -0.15) is 4.98 Å². The normalized spacial score (nSPS) is 17.5. The zero-order valence-corrected chi connectivity index (χ0v) is 12.8. The van der Waals surface area contributed by atoms with Gasteiger partial charge in [0.05, 0.1) is 5.69 Å². The maximum Gasteiger partial charge on any atom is 0.263 e. The maximum atomic E-state index is 5.27. The second-order valence-electron chi connectivity index (χ2n) is 5.92. The first-order valence-electron chi connectivity index (χ1n) is 7.64. The van der Waals surface area contributed by atoms with Gasteiger partial charge >= 0.3 is 0 Å². The lowest BCUT2D eigenvalue weighted by atomic mass is 9.88. The number of rotatable bonds is 2. The van der Waals surface area contributed by atoms with Crippen LogP contribution in [-0.4, -0.2) is 21.2 Å². The van der Waals surface area contributed by atoms with Crippen LogP contribution < -0.4 is 5.32 Å². The summed E-state index contributed by atoms with van der Waals surface area (Å²) in [5.74, 6) is 1.54. The van der Waals surface area contributed by atoms with Crippen molar-refractivity contribution in [2.24, 2.45) is 0 Å². The molecule has 0 aliphatic heterocycles. The number of nitrogens with zero attached hydrogens (tertiary/aromatic N) is 3. The molecule has 2 aromatic heterocycles. The summed E-state index contributed by atoms with van der Waals surface area (Å²) in [6.07, 6.45) is 3.22.